The van der Waals surface area contributed by atoms with E-state index in [2.05, 4.69) is 10.3 Å². The number of nitrogens with two attached hydrogens (primary N) is 1. The summed E-state index contributed by atoms with van der Waals surface area (Å²) < 4.78 is 1.49. The third kappa shape index (κ3) is 3.43. The van der Waals surface area contributed by atoms with Crippen molar-refractivity contribution in [3.63, 3.8) is 0 Å². The summed E-state index contributed by atoms with van der Waals surface area (Å²) in [4.78, 5) is 40.3. The van der Waals surface area contributed by atoms with Gasteiger partial charge in [0.1, 0.15) is 6.04 Å². The predicted octanol–water partition coefficient (Wildman–Crippen LogP) is -0.779. The molecule has 2 aromatic rings. The zero-order chi connectivity index (χ0) is 18.0. The molecule has 8 heteroatoms. The van der Waals surface area contributed by atoms with E-state index in [1.807, 2.05) is 24.3 Å². The Hall–Kier alpha value is -3.00. The van der Waals surface area contributed by atoms with Crippen LogP contribution in [0.2, 0.25) is 0 Å². The van der Waals surface area contributed by atoms with Crippen LogP contribution in [0.1, 0.15) is 5.56 Å². The van der Waals surface area contributed by atoms with Crippen LogP contribution >= 0.6 is 0 Å². The molecule has 1 aromatic heterocycles. The predicted molar refractivity (Wildman–Crippen MR) is 90.5 cm³/mol. The van der Waals surface area contributed by atoms with Crippen LogP contribution in [0.15, 0.2) is 47.7 Å². The Morgan fingerprint density at radius 3 is 2.60 bits per heavy atom. The molecular weight excluding hydrogens is 322 g/mol. The number of likely N-dealkylation sites (tertiary alicyclic amines) is 1. The molecule has 2 atom stereocenters. The van der Waals surface area contributed by atoms with Crippen molar-refractivity contribution in [3.8, 4) is 5.69 Å². The van der Waals surface area contributed by atoms with Gasteiger partial charge < -0.3 is 16.0 Å². The van der Waals surface area contributed by atoms with E-state index >= 15 is 0 Å². The van der Waals surface area contributed by atoms with Crippen molar-refractivity contribution in [1.29, 1.82) is 0 Å². The number of aromatic nitrogens is 2. The average Bonchev–Trinajstić information content (AvgIpc) is 2.89. The maximum Gasteiger partial charge on any atom is 0.273 e. The number of benzene rings is 1. The fourth-order valence-electron chi connectivity index (χ4n) is 2.75. The van der Waals surface area contributed by atoms with E-state index in [0.717, 1.165) is 11.3 Å². The number of nitrogens with zero attached hydrogens (tertiary/aromatic N) is 3. The Bertz CT molecular complexity index is 846. The van der Waals surface area contributed by atoms with E-state index in [1.165, 1.54) is 15.7 Å². The SMILES string of the molecule is CN1C(=O)C(NCc2ccc(-n3ccncc3=O)cc2)[CH]C1C(N)=O. The van der Waals surface area contributed by atoms with Crippen LogP contribution in [-0.4, -0.2) is 45.4 Å². The van der Waals surface area contributed by atoms with Crippen LogP contribution in [0.4, 0.5) is 0 Å². The first kappa shape index (κ1) is 16.8. The first-order chi connectivity index (χ1) is 12.0. The fourth-order valence-corrected chi connectivity index (χ4v) is 2.75. The van der Waals surface area contributed by atoms with E-state index in [9.17, 15) is 14.4 Å². The number of likely N-dealkylation sites (N-methyl/N-ethyl adjacent to an activating group) is 1. The van der Waals surface area contributed by atoms with Crippen molar-refractivity contribution in [2.24, 2.45) is 5.73 Å². The minimum atomic E-state index is -0.689. The Morgan fingerprint density at radius 2 is 2.00 bits per heavy atom. The molecule has 0 aliphatic carbocycles. The van der Waals surface area contributed by atoms with Gasteiger partial charge in [0.25, 0.3) is 5.56 Å². The summed E-state index contributed by atoms with van der Waals surface area (Å²) in [7, 11) is 1.55. The van der Waals surface area contributed by atoms with Gasteiger partial charge in [-0.1, -0.05) is 12.1 Å². The molecule has 8 nitrogen and oxygen atoms in total. The monoisotopic (exact) mass is 340 g/mol. The van der Waals surface area contributed by atoms with Crippen molar-refractivity contribution in [1.82, 2.24) is 19.8 Å². The Labute approximate surface area is 144 Å². The molecule has 2 amide bonds. The lowest BCUT2D eigenvalue weighted by molar-refractivity contribution is -0.133. The van der Waals surface area contributed by atoms with Crippen LogP contribution in [0.3, 0.4) is 0 Å². The van der Waals surface area contributed by atoms with Crippen LogP contribution in [0, 0.1) is 6.42 Å². The topological polar surface area (TPSA) is 110 Å². The smallest absolute Gasteiger partial charge is 0.273 e. The summed E-state index contributed by atoms with van der Waals surface area (Å²) >= 11 is 0. The third-order valence-electron chi connectivity index (χ3n) is 4.16. The molecule has 1 fully saturated rings. The molecule has 0 bridgehead atoms. The number of hydrogen-bond donors (Lipinski definition) is 2. The highest BCUT2D eigenvalue weighted by atomic mass is 16.2. The van der Waals surface area contributed by atoms with Crippen molar-refractivity contribution in [2.75, 3.05) is 7.05 Å². The van der Waals surface area contributed by atoms with E-state index in [-0.39, 0.29) is 11.5 Å². The summed E-state index contributed by atoms with van der Waals surface area (Å²) in [6.07, 6.45) is 6.00. The molecule has 1 aliphatic rings. The standard InChI is InChI=1S/C17H18N5O3/c1-21-14(16(18)24)8-13(17(21)25)20-9-11-2-4-12(5-3-11)22-7-6-19-10-15(22)23/h2-8,10,13-14,20H,9H2,1H3,(H2,18,24). The highest BCUT2D eigenvalue weighted by Crippen LogP contribution is 2.17. The van der Waals surface area contributed by atoms with Crippen LogP contribution in [0.5, 0.6) is 0 Å². The molecule has 1 radical (unpaired) electrons. The van der Waals surface area contributed by atoms with Gasteiger partial charge in [-0.25, -0.2) is 0 Å². The largest absolute Gasteiger partial charge is 0.368 e. The van der Waals surface area contributed by atoms with E-state index in [4.69, 9.17) is 5.73 Å². The lowest BCUT2D eigenvalue weighted by Crippen LogP contribution is -2.40. The number of primary amides is 1. The van der Waals surface area contributed by atoms with E-state index < -0.39 is 18.0 Å². The molecule has 3 rings (SSSR count). The zero-order valence-corrected chi connectivity index (χ0v) is 13.6. The molecule has 1 aromatic carbocycles. The number of amides is 2. The third-order valence-corrected chi connectivity index (χ3v) is 4.16. The van der Waals surface area contributed by atoms with Gasteiger partial charge in [0, 0.05) is 38.1 Å². The number of carbonyl (C=O) groups is 2. The van der Waals surface area contributed by atoms with E-state index in [1.54, 1.807) is 25.9 Å². The second kappa shape index (κ2) is 6.86. The molecule has 25 heavy (non-hydrogen) atoms. The molecule has 1 aliphatic heterocycles. The minimum Gasteiger partial charge on any atom is -0.368 e. The molecule has 1 saturated heterocycles. The van der Waals surface area contributed by atoms with Gasteiger partial charge in [0.2, 0.25) is 11.8 Å². The summed E-state index contributed by atoms with van der Waals surface area (Å²) in [6.45, 7) is 0.442. The van der Waals surface area contributed by atoms with Gasteiger partial charge in [-0.05, 0) is 17.7 Å². The van der Waals surface area contributed by atoms with Crippen LogP contribution in [-0.2, 0) is 16.1 Å². The maximum atomic E-state index is 12.1. The molecule has 129 valence electrons. The first-order valence-corrected chi connectivity index (χ1v) is 7.74. The summed E-state index contributed by atoms with van der Waals surface area (Å²) in [5, 5.41) is 3.10. The Kier molecular flexibility index (Phi) is 4.62. The molecule has 0 spiro atoms. The lowest BCUT2D eigenvalue weighted by atomic mass is 10.1. The number of hydrogen-bond acceptors (Lipinski definition) is 5. The molecule has 3 N–H and O–H groups in total. The van der Waals surface area contributed by atoms with E-state index in [0.29, 0.717) is 6.54 Å². The van der Waals surface area contributed by atoms with Crippen molar-refractivity contribution >= 4 is 11.8 Å². The summed E-state index contributed by atoms with van der Waals surface area (Å²) in [5.74, 6) is -0.740. The number of nitrogens with one attached hydrogen (secondary N) is 1. The second-order valence-corrected chi connectivity index (χ2v) is 5.80. The van der Waals surface area contributed by atoms with Crippen LogP contribution < -0.4 is 16.6 Å². The maximum absolute atomic E-state index is 12.1. The summed E-state index contributed by atoms with van der Waals surface area (Å²) in [6, 6.07) is 6.12. The molecule has 0 saturated carbocycles. The van der Waals surface area contributed by atoms with Crippen molar-refractivity contribution in [2.45, 2.75) is 18.6 Å². The van der Waals surface area contributed by atoms with Crippen LogP contribution in [0.25, 0.3) is 5.69 Å². The van der Waals surface area contributed by atoms with Gasteiger partial charge in [-0.15, -0.1) is 0 Å². The average molecular weight is 340 g/mol. The molecule has 2 unspecified atom stereocenters. The van der Waals surface area contributed by atoms with Gasteiger partial charge >= 0.3 is 0 Å². The quantitative estimate of drug-likeness (QED) is 0.742. The summed E-state index contributed by atoms with van der Waals surface area (Å²) in [5.41, 5.74) is 6.74. The minimum absolute atomic E-state index is 0.191. The molecular formula is C17H18N5O3. The zero-order valence-electron chi connectivity index (χ0n) is 13.6. The van der Waals surface area contributed by atoms with Crippen molar-refractivity contribution < 1.29 is 9.59 Å². The number of rotatable bonds is 5. The van der Waals surface area contributed by atoms with Crippen molar-refractivity contribution in [3.05, 3.63) is 65.2 Å². The van der Waals surface area contributed by atoms with Gasteiger partial charge in [-0.3, -0.25) is 23.9 Å². The van der Waals surface area contributed by atoms with Gasteiger partial charge in [0.05, 0.1) is 12.2 Å². The van der Waals surface area contributed by atoms with Gasteiger partial charge in [0.15, 0.2) is 0 Å². The highest BCUT2D eigenvalue weighted by molar-refractivity contribution is 5.95. The number of carbonyl (C=O) groups excluding carboxylic acids is 2. The Balaban J connectivity index is 1.65. The normalized spacial score (nSPS) is 20.0. The first-order valence-electron chi connectivity index (χ1n) is 7.74. The fraction of sp³-hybridized carbons (Fsp3) is 0.235. The second-order valence-electron chi connectivity index (χ2n) is 5.80. The Morgan fingerprint density at radius 1 is 1.28 bits per heavy atom. The molecule has 2 heterocycles. The lowest BCUT2D eigenvalue weighted by Gasteiger charge is -2.15. The van der Waals surface area contributed by atoms with Gasteiger partial charge in [-0.2, -0.15) is 0 Å². The highest BCUT2D eigenvalue weighted by Gasteiger charge is 2.40.